The molecule has 1 N–H and O–H groups in total. The molecule has 0 aliphatic carbocycles. The molecular weight excluding hydrogens is 394 g/mol. The molecule has 0 radical (unpaired) electrons. The van der Waals surface area contributed by atoms with Crippen LogP contribution in [0.25, 0.3) is 22.2 Å². The Kier molecular flexibility index (Phi) is 5.51. The zero-order valence-corrected chi connectivity index (χ0v) is 17.7. The van der Waals surface area contributed by atoms with Gasteiger partial charge >= 0.3 is 6.09 Å². The number of rotatable bonds is 1. The highest BCUT2D eigenvalue weighted by molar-refractivity contribution is 5.94. The smallest absolute Gasteiger partial charge is 0.407 e. The molecule has 31 heavy (non-hydrogen) atoms. The molecule has 2 aromatic carbocycles. The van der Waals surface area contributed by atoms with Crippen LogP contribution in [-0.2, 0) is 16.1 Å². The standard InChI is InChI=1S/C24H27N3O4/c1-16-11-17-13-18(12-16)23-20-14-19(29-10-4-8-25-24(28)31-15-17)6-7-21(20)27(26-23)22-5-2-3-9-30-22/h6-7,11-14,22H,2-5,8-10,15H2,1H3,(H,25,28). The summed E-state index contributed by atoms with van der Waals surface area (Å²) in [6, 6.07) is 12.3. The van der Waals surface area contributed by atoms with Gasteiger partial charge in [-0.15, -0.1) is 0 Å². The van der Waals surface area contributed by atoms with Crippen molar-refractivity contribution in [3.63, 3.8) is 0 Å². The first kappa shape index (κ1) is 19.9. The zero-order valence-electron chi connectivity index (χ0n) is 17.7. The van der Waals surface area contributed by atoms with E-state index in [0.717, 1.165) is 64.9 Å². The van der Waals surface area contributed by atoms with Gasteiger partial charge in [-0.05, 0) is 68.5 Å². The van der Waals surface area contributed by atoms with Gasteiger partial charge in [-0.25, -0.2) is 9.48 Å². The number of hydrogen-bond donors (Lipinski definition) is 1. The molecule has 162 valence electrons. The Balaban J connectivity index is 1.64. The van der Waals surface area contributed by atoms with E-state index in [1.54, 1.807) is 0 Å². The molecule has 2 aliphatic heterocycles. The number of nitrogens with one attached hydrogen (secondary N) is 1. The number of alkyl carbamates (subject to hydrolysis) is 1. The number of aryl methyl sites for hydroxylation is 1. The fraction of sp³-hybridized carbons (Fsp3) is 0.417. The van der Waals surface area contributed by atoms with Crippen molar-refractivity contribution < 1.29 is 19.0 Å². The fourth-order valence-electron chi connectivity index (χ4n) is 4.29. The van der Waals surface area contributed by atoms with Crippen molar-refractivity contribution in [3.05, 3.63) is 47.5 Å². The molecule has 0 saturated carbocycles. The Bertz CT molecular complexity index is 1100. The summed E-state index contributed by atoms with van der Waals surface area (Å²) >= 11 is 0. The lowest BCUT2D eigenvalue weighted by molar-refractivity contribution is -0.0365. The molecule has 7 heteroatoms. The summed E-state index contributed by atoms with van der Waals surface area (Å²) in [4.78, 5) is 12.0. The number of benzene rings is 2. The van der Waals surface area contributed by atoms with Crippen LogP contribution in [0.4, 0.5) is 4.79 Å². The van der Waals surface area contributed by atoms with Gasteiger partial charge in [0.25, 0.3) is 0 Å². The second-order valence-electron chi connectivity index (χ2n) is 8.21. The van der Waals surface area contributed by atoms with E-state index >= 15 is 0 Å². The van der Waals surface area contributed by atoms with Crippen LogP contribution in [0.5, 0.6) is 5.75 Å². The van der Waals surface area contributed by atoms with E-state index in [4.69, 9.17) is 19.3 Å². The summed E-state index contributed by atoms with van der Waals surface area (Å²) in [5.41, 5.74) is 4.94. The minimum absolute atomic E-state index is 0.0568. The molecule has 1 unspecified atom stereocenters. The van der Waals surface area contributed by atoms with Gasteiger partial charge in [0.2, 0.25) is 0 Å². The number of aromatic nitrogens is 2. The van der Waals surface area contributed by atoms with Crippen LogP contribution in [0.3, 0.4) is 0 Å². The molecule has 5 rings (SSSR count). The number of fused-ring (bicyclic) bond motifs is 4. The molecule has 4 bridgehead atoms. The van der Waals surface area contributed by atoms with E-state index in [2.05, 4.69) is 23.5 Å². The third kappa shape index (κ3) is 4.23. The molecule has 1 saturated heterocycles. The van der Waals surface area contributed by atoms with Crippen molar-refractivity contribution in [3.8, 4) is 17.0 Å². The lowest BCUT2D eigenvalue weighted by Gasteiger charge is -2.23. The highest BCUT2D eigenvalue weighted by atomic mass is 16.5. The van der Waals surface area contributed by atoms with Gasteiger partial charge in [-0.3, -0.25) is 0 Å². The summed E-state index contributed by atoms with van der Waals surface area (Å²) < 4.78 is 19.4. The maximum atomic E-state index is 12.0. The quantitative estimate of drug-likeness (QED) is 0.615. The molecule has 1 atom stereocenters. The zero-order chi connectivity index (χ0) is 21.2. The van der Waals surface area contributed by atoms with Crippen LogP contribution >= 0.6 is 0 Å². The number of ether oxygens (including phenoxy) is 3. The number of cyclic esters (lactones) is 1. The van der Waals surface area contributed by atoms with Gasteiger partial charge in [0.05, 0.1) is 12.1 Å². The molecule has 1 fully saturated rings. The number of hydrogen-bond acceptors (Lipinski definition) is 5. The van der Waals surface area contributed by atoms with Gasteiger partial charge < -0.3 is 19.5 Å². The second-order valence-corrected chi connectivity index (χ2v) is 8.21. The highest BCUT2D eigenvalue weighted by Gasteiger charge is 2.22. The maximum absolute atomic E-state index is 12.0. The van der Waals surface area contributed by atoms with Gasteiger partial charge in [0.15, 0.2) is 6.23 Å². The average molecular weight is 421 g/mol. The van der Waals surface area contributed by atoms with E-state index in [9.17, 15) is 4.79 Å². The van der Waals surface area contributed by atoms with E-state index in [0.29, 0.717) is 19.6 Å². The van der Waals surface area contributed by atoms with Gasteiger partial charge in [0, 0.05) is 24.1 Å². The van der Waals surface area contributed by atoms with Crippen molar-refractivity contribution in [2.24, 2.45) is 0 Å². The molecule has 3 heterocycles. The molecule has 3 aromatic rings. The molecule has 7 nitrogen and oxygen atoms in total. The van der Waals surface area contributed by atoms with Crippen molar-refractivity contribution in [1.29, 1.82) is 0 Å². The number of amides is 1. The first-order valence-electron chi connectivity index (χ1n) is 11.0. The first-order valence-corrected chi connectivity index (χ1v) is 11.0. The van der Waals surface area contributed by atoms with E-state index in [-0.39, 0.29) is 12.8 Å². The third-order valence-corrected chi connectivity index (χ3v) is 5.75. The molecule has 1 amide bonds. The number of nitrogens with zero attached hydrogens (tertiary/aromatic N) is 2. The summed E-state index contributed by atoms with van der Waals surface area (Å²) in [7, 11) is 0. The predicted molar refractivity (Wildman–Crippen MR) is 117 cm³/mol. The van der Waals surface area contributed by atoms with Crippen LogP contribution < -0.4 is 10.1 Å². The molecule has 1 aromatic heterocycles. The SMILES string of the molecule is Cc1cc2cc(c1)-c1nn(C3CCCCO3)c3ccc(cc13)OCCCNC(=O)OC2. The van der Waals surface area contributed by atoms with E-state index < -0.39 is 6.09 Å². The van der Waals surface area contributed by atoms with Gasteiger partial charge in [0.1, 0.15) is 18.1 Å². The Morgan fingerprint density at radius 3 is 2.87 bits per heavy atom. The Labute approximate surface area is 181 Å². The summed E-state index contributed by atoms with van der Waals surface area (Å²) in [6.07, 6.45) is 3.41. The number of carbonyl (C=O) groups excluding carboxylic acids is 1. The van der Waals surface area contributed by atoms with Crippen LogP contribution in [0.2, 0.25) is 0 Å². The second kappa shape index (κ2) is 8.59. The Morgan fingerprint density at radius 2 is 2.00 bits per heavy atom. The van der Waals surface area contributed by atoms with E-state index in [1.165, 1.54) is 0 Å². The Morgan fingerprint density at radius 1 is 1.06 bits per heavy atom. The van der Waals surface area contributed by atoms with Gasteiger partial charge in [-0.1, -0.05) is 11.6 Å². The largest absolute Gasteiger partial charge is 0.494 e. The van der Waals surface area contributed by atoms with Crippen LogP contribution in [0.15, 0.2) is 36.4 Å². The number of carbonyl (C=O) groups is 1. The van der Waals surface area contributed by atoms with E-state index in [1.807, 2.05) is 29.8 Å². The summed E-state index contributed by atoms with van der Waals surface area (Å²) in [6.45, 7) is 4.03. The third-order valence-electron chi connectivity index (χ3n) is 5.75. The lowest BCUT2D eigenvalue weighted by Crippen LogP contribution is -2.26. The summed E-state index contributed by atoms with van der Waals surface area (Å²) in [5.74, 6) is 0.795. The maximum Gasteiger partial charge on any atom is 0.407 e. The monoisotopic (exact) mass is 421 g/mol. The van der Waals surface area contributed by atoms with Crippen LogP contribution in [-0.4, -0.2) is 35.6 Å². The fourth-order valence-corrected chi connectivity index (χ4v) is 4.29. The van der Waals surface area contributed by atoms with Crippen molar-refractivity contribution in [1.82, 2.24) is 15.1 Å². The summed E-state index contributed by atoms with van der Waals surface area (Å²) in [5, 5.41) is 8.81. The van der Waals surface area contributed by atoms with Crippen molar-refractivity contribution in [2.45, 2.75) is 45.4 Å². The topological polar surface area (TPSA) is 74.6 Å². The van der Waals surface area contributed by atoms with Gasteiger partial charge in [-0.2, -0.15) is 5.10 Å². The predicted octanol–water partition coefficient (Wildman–Crippen LogP) is 4.72. The molecular formula is C24H27N3O4. The molecule has 2 aliphatic rings. The van der Waals surface area contributed by atoms with Crippen molar-refractivity contribution in [2.75, 3.05) is 19.8 Å². The van der Waals surface area contributed by atoms with Crippen molar-refractivity contribution >= 4 is 17.0 Å². The first-order chi connectivity index (χ1) is 15.2. The highest BCUT2D eigenvalue weighted by Crippen LogP contribution is 2.35. The minimum Gasteiger partial charge on any atom is -0.494 e. The lowest BCUT2D eigenvalue weighted by atomic mass is 10.0. The average Bonchev–Trinajstić information content (AvgIpc) is 3.16. The Hall–Kier alpha value is -3.06. The van der Waals surface area contributed by atoms with Crippen LogP contribution in [0, 0.1) is 6.92 Å². The molecule has 0 spiro atoms. The van der Waals surface area contributed by atoms with Crippen LogP contribution in [0.1, 0.15) is 43.0 Å². The normalized spacial score (nSPS) is 19.8. The minimum atomic E-state index is -0.417.